The van der Waals surface area contributed by atoms with Gasteiger partial charge in [0.05, 0.1) is 22.0 Å². The number of halogens is 2. The predicted octanol–water partition coefficient (Wildman–Crippen LogP) is 4.66. The predicted molar refractivity (Wildman–Crippen MR) is 142 cm³/mol. The average Bonchev–Trinajstić information content (AvgIpc) is 2.81. The van der Waals surface area contributed by atoms with Gasteiger partial charge in [-0.15, -0.1) is 0 Å². The van der Waals surface area contributed by atoms with Gasteiger partial charge in [0.1, 0.15) is 6.04 Å². The lowest BCUT2D eigenvalue weighted by Gasteiger charge is -2.29. The Morgan fingerprint density at radius 3 is 2.17 bits per heavy atom. The Balaban J connectivity index is 2.17. The lowest BCUT2D eigenvalue weighted by Crippen LogP contribution is -2.47. The lowest BCUT2D eigenvalue weighted by molar-refractivity contribution is -0.140. The highest BCUT2D eigenvalue weighted by Crippen LogP contribution is 2.24. The first-order valence-electron chi connectivity index (χ1n) is 11.6. The molecule has 192 valence electrons. The lowest BCUT2D eigenvalue weighted by atomic mass is 10.1. The van der Waals surface area contributed by atoms with E-state index in [9.17, 15) is 18.0 Å². The van der Waals surface area contributed by atoms with E-state index in [1.54, 1.807) is 37.3 Å². The van der Waals surface area contributed by atoms with Crippen molar-refractivity contribution in [1.82, 2.24) is 10.2 Å². The topological polar surface area (TPSA) is 86.8 Å². The molecule has 0 aromatic heterocycles. The second kappa shape index (κ2) is 13.1. The van der Waals surface area contributed by atoms with Crippen molar-refractivity contribution in [3.8, 4) is 0 Å². The maximum absolute atomic E-state index is 13.2. The normalized spacial score (nSPS) is 12.2. The Hall–Kier alpha value is -2.29. The molecular formula is C25H33Cl2N3O4S. The summed E-state index contributed by atoms with van der Waals surface area (Å²) in [6, 6.07) is 11.7. The smallest absolute Gasteiger partial charge is 0.242 e. The van der Waals surface area contributed by atoms with Gasteiger partial charge in [-0.05, 0) is 62.1 Å². The molecule has 1 atom stereocenters. The molecule has 35 heavy (non-hydrogen) atoms. The summed E-state index contributed by atoms with van der Waals surface area (Å²) in [5.41, 5.74) is 2.40. The quantitative estimate of drug-likeness (QED) is 0.423. The number of hydrogen-bond donors (Lipinski definition) is 1. The number of benzene rings is 2. The van der Waals surface area contributed by atoms with Crippen LogP contribution >= 0.6 is 23.2 Å². The molecular weight excluding hydrogens is 509 g/mol. The van der Waals surface area contributed by atoms with Gasteiger partial charge in [-0.25, -0.2) is 8.42 Å². The number of nitrogens with zero attached hydrogens (tertiary/aromatic N) is 2. The third-order valence-corrected chi connectivity index (χ3v) is 7.57. The number of rotatable bonds is 12. The van der Waals surface area contributed by atoms with E-state index in [2.05, 4.69) is 5.32 Å². The second-order valence-electron chi connectivity index (χ2n) is 8.30. The molecule has 2 aromatic carbocycles. The van der Waals surface area contributed by atoms with Crippen molar-refractivity contribution in [3.05, 3.63) is 63.6 Å². The van der Waals surface area contributed by atoms with Gasteiger partial charge < -0.3 is 10.2 Å². The average molecular weight is 543 g/mol. The molecule has 0 aliphatic rings. The molecule has 2 aromatic rings. The minimum absolute atomic E-state index is 0.0735. The van der Waals surface area contributed by atoms with Gasteiger partial charge in [0.15, 0.2) is 0 Å². The largest absolute Gasteiger partial charge is 0.355 e. The minimum Gasteiger partial charge on any atom is -0.355 e. The molecule has 0 radical (unpaired) electrons. The van der Waals surface area contributed by atoms with Crippen LogP contribution in [0.5, 0.6) is 0 Å². The molecule has 0 saturated carbocycles. The van der Waals surface area contributed by atoms with E-state index in [1.165, 1.54) is 9.21 Å². The van der Waals surface area contributed by atoms with Crippen molar-refractivity contribution in [2.24, 2.45) is 0 Å². The standard InChI is InChI=1S/C25H33Cl2N3O4S/c1-5-19-9-12-21(13-10-19)30(35(4,33)34)15-7-8-24(31)29(18(3)25(32)28-6-2)17-20-11-14-22(26)23(27)16-20/h9-14,16,18H,5-8,15,17H2,1-4H3,(H,28,32)/t18-/m1/s1. The first kappa shape index (κ1) is 28.9. The van der Waals surface area contributed by atoms with Crippen LogP contribution in [0.3, 0.4) is 0 Å². The van der Waals surface area contributed by atoms with Gasteiger partial charge in [0, 0.05) is 26.1 Å². The Morgan fingerprint density at radius 1 is 1.00 bits per heavy atom. The van der Waals surface area contributed by atoms with E-state index in [0.29, 0.717) is 28.7 Å². The molecule has 0 saturated heterocycles. The van der Waals surface area contributed by atoms with Crippen LogP contribution in [0.25, 0.3) is 0 Å². The zero-order chi connectivity index (χ0) is 26.2. The molecule has 0 spiro atoms. The Morgan fingerprint density at radius 2 is 1.63 bits per heavy atom. The number of carbonyl (C=O) groups excluding carboxylic acids is 2. The Kier molecular flexibility index (Phi) is 10.9. The summed E-state index contributed by atoms with van der Waals surface area (Å²) >= 11 is 12.1. The highest BCUT2D eigenvalue weighted by Gasteiger charge is 2.26. The molecule has 0 fully saturated rings. The number of sulfonamides is 1. The maximum atomic E-state index is 13.2. The van der Waals surface area contributed by atoms with Crippen molar-refractivity contribution >= 4 is 50.7 Å². The maximum Gasteiger partial charge on any atom is 0.242 e. The van der Waals surface area contributed by atoms with Crippen LogP contribution in [0.15, 0.2) is 42.5 Å². The molecule has 0 bridgehead atoms. The molecule has 0 unspecified atom stereocenters. The first-order valence-corrected chi connectivity index (χ1v) is 14.2. The summed E-state index contributed by atoms with van der Waals surface area (Å²) in [5.74, 6) is -0.528. The van der Waals surface area contributed by atoms with Crippen LogP contribution in [-0.4, -0.2) is 50.5 Å². The fourth-order valence-electron chi connectivity index (χ4n) is 3.64. The highest BCUT2D eigenvalue weighted by molar-refractivity contribution is 7.92. The van der Waals surface area contributed by atoms with Gasteiger partial charge in [0.25, 0.3) is 0 Å². The first-order chi connectivity index (χ1) is 16.5. The third kappa shape index (κ3) is 8.40. The van der Waals surface area contributed by atoms with Gasteiger partial charge >= 0.3 is 0 Å². The third-order valence-electron chi connectivity index (χ3n) is 5.64. The van der Waals surface area contributed by atoms with Crippen LogP contribution in [0.4, 0.5) is 5.69 Å². The number of carbonyl (C=O) groups is 2. The SMILES string of the molecule is CCNC(=O)[C@@H](C)N(Cc1ccc(Cl)c(Cl)c1)C(=O)CCCN(c1ccc(CC)cc1)S(C)(=O)=O. The van der Waals surface area contributed by atoms with Crippen LogP contribution in [-0.2, 0) is 32.6 Å². The van der Waals surface area contributed by atoms with E-state index in [1.807, 2.05) is 26.0 Å². The van der Waals surface area contributed by atoms with Gasteiger partial charge in [0.2, 0.25) is 21.8 Å². The van der Waals surface area contributed by atoms with E-state index in [-0.39, 0.29) is 31.3 Å². The highest BCUT2D eigenvalue weighted by atomic mass is 35.5. The fourth-order valence-corrected chi connectivity index (χ4v) is 4.93. The van der Waals surface area contributed by atoms with E-state index in [4.69, 9.17) is 23.2 Å². The number of nitrogens with one attached hydrogen (secondary N) is 1. The zero-order valence-electron chi connectivity index (χ0n) is 20.6. The molecule has 7 nitrogen and oxygen atoms in total. The molecule has 0 heterocycles. The van der Waals surface area contributed by atoms with E-state index < -0.39 is 16.1 Å². The van der Waals surface area contributed by atoms with Crippen LogP contribution in [0, 0.1) is 0 Å². The molecule has 2 amide bonds. The summed E-state index contributed by atoms with van der Waals surface area (Å²) in [6.07, 6.45) is 2.37. The summed E-state index contributed by atoms with van der Waals surface area (Å²) in [7, 11) is -3.53. The number of hydrogen-bond acceptors (Lipinski definition) is 4. The van der Waals surface area contributed by atoms with Crippen molar-refractivity contribution in [2.75, 3.05) is 23.7 Å². The van der Waals surface area contributed by atoms with Crippen molar-refractivity contribution in [3.63, 3.8) is 0 Å². The molecule has 2 rings (SSSR count). The van der Waals surface area contributed by atoms with Gasteiger partial charge in [-0.1, -0.05) is 48.3 Å². The van der Waals surface area contributed by atoms with E-state index in [0.717, 1.165) is 23.8 Å². The summed E-state index contributed by atoms with van der Waals surface area (Å²) in [5, 5.41) is 3.51. The van der Waals surface area contributed by atoms with Crippen molar-refractivity contribution in [2.45, 2.75) is 52.6 Å². The summed E-state index contributed by atoms with van der Waals surface area (Å²) in [4.78, 5) is 27.2. The van der Waals surface area contributed by atoms with Gasteiger partial charge in [-0.2, -0.15) is 0 Å². The Bertz CT molecular complexity index is 1120. The fraction of sp³-hybridized carbons (Fsp3) is 0.440. The van der Waals surface area contributed by atoms with Crippen molar-refractivity contribution in [1.29, 1.82) is 0 Å². The summed E-state index contributed by atoms with van der Waals surface area (Å²) < 4.78 is 26.1. The van der Waals surface area contributed by atoms with Crippen LogP contribution < -0.4 is 9.62 Å². The monoisotopic (exact) mass is 541 g/mol. The van der Waals surface area contributed by atoms with E-state index >= 15 is 0 Å². The Labute approximate surface area is 218 Å². The number of likely N-dealkylation sites (N-methyl/N-ethyl adjacent to an activating group) is 1. The number of anilines is 1. The molecule has 1 N–H and O–H groups in total. The number of aryl methyl sites for hydroxylation is 1. The van der Waals surface area contributed by atoms with Crippen LogP contribution in [0.2, 0.25) is 10.0 Å². The molecule has 0 aliphatic carbocycles. The molecule has 10 heteroatoms. The molecule has 0 aliphatic heterocycles. The zero-order valence-corrected chi connectivity index (χ0v) is 22.9. The van der Waals surface area contributed by atoms with Crippen LogP contribution in [0.1, 0.15) is 44.7 Å². The van der Waals surface area contributed by atoms with Crippen molar-refractivity contribution < 1.29 is 18.0 Å². The second-order valence-corrected chi connectivity index (χ2v) is 11.0. The number of amides is 2. The van der Waals surface area contributed by atoms with Gasteiger partial charge in [-0.3, -0.25) is 13.9 Å². The minimum atomic E-state index is -3.53. The summed E-state index contributed by atoms with van der Waals surface area (Å²) in [6.45, 7) is 6.26.